The first-order valence-electron chi connectivity index (χ1n) is 10.6. The van der Waals surface area contributed by atoms with Crippen molar-refractivity contribution in [3.05, 3.63) is 57.7 Å². The summed E-state index contributed by atoms with van der Waals surface area (Å²) in [7, 11) is 0. The van der Waals surface area contributed by atoms with Crippen molar-refractivity contribution in [2.24, 2.45) is 0 Å². The first-order chi connectivity index (χ1) is 14.9. The zero-order chi connectivity index (χ0) is 22.5. The minimum atomic E-state index is -0.729. The summed E-state index contributed by atoms with van der Waals surface area (Å²) in [6.45, 7) is 9.62. The standard InChI is InChI=1S/C23H29Cl2N3O3/c1-4-11-28-19(14-27-12-7-6-8-15(27)3)20(22(29)31-5-2)21(26-23(28)30)17-10-9-16(24)13-18(17)25/h4,9-10,13,15,21H,1,5-8,11-12,14H2,2-3H3,(H,26,30)/t15-,21+/m1/s1. The number of carbonyl (C=O) groups excluding carboxylic acids is 2. The molecule has 2 atom stereocenters. The fourth-order valence-electron chi connectivity index (χ4n) is 4.20. The molecule has 168 valence electrons. The molecule has 2 aliphatic heterocycles. The van der Waals surface area contributed by atoms with Gasteiger partial charge in [0.2, 0.25) is 0 Å². The summed E-state index contributed by atoms with van der Waals surface area (Å²) < 4.78 is 5.42. The molecule has 2 aliphatic rings. The van der Waals surface area contributed by atoms with Crippen molar-refractivity contribution in [1.82, 2.24) is 15.1 Å². The van der Waals surface area contributed by atoms with E-state index in [-0.39, 0.29) is 19.2 Å². The Bertz CT molecular complexity index is 887. The third kappa shape index (κ3) is 5.25. The molecular weight excluding hydrogens is 437 g/mol. The lowest BCUT2D eigenvalue weighted by Gasteiger charge is -2.41. The lowest BCUT2D eigenvalue weighted by atomic mass is 9.93. The van der Waals surface area contributed by atoms with Crippen molar-refractivity contribution >= 4 is 35.2 Å². The number of nitrogens with zero attached hydrogens (tertiary/aromatic N) is 2. The maximum atomic E-state index is 13.2. The van der Waals surface area contributed by atoms with Crippen LogP contribution in [0.25, 0.3) is 0 Å². The fourth-order valence-corrected chi connectivity index (χ4v) is 4.72. The number of halogens is 2. The van der Waals surface area contributed by atoms with Gasteiger partial charge in [0.15, 0.2) is 0 Å². The smallest absolute Gasteiger partial charge is 0.338 e. The highest BCUT2D eigenvalue weighted by atomic mass is 35.5. The second kappa shape index (κ2) is 10.5. The maximum Gasteiger partial charge on any atom is 0.338 e. The molecule has 2 heterocycles. The fraction of sp³-hybridized carbons (Fsp3) is 0.478. The largest absolute Gasteiger partial charge is 0.463 e. The van der Waals surface area contributed by atoms with E-state index in [0.29, 0.717) is 39.5 Å². The van der Waals surface area contributed by atoms with Crippen molar-refractivity contribution in [2.75, 3.05) is 26.2 Å². The first-order valence-corrected chi connectivity index (χ1v) is 11.4. The summed E-state index contributed by atoms with van der Waals surface area (Å²) in [5, 5.41) is 3.79. The third-order valence-electron chi connectivity index (χ3n) is 5.81. The Kier molecular flexibility index (Phi) is 8.03. The van der Waals surface area contributed by atoms with Gasteiger partial charge in [0.1, 0.15) is 0 Å². The van der Waals surface area contributed by atoms with Crippen molar-refractivity contribution in [2.45, 2.75) is 45.2 Å². The quantitative estimate of drug-likeness (QED) is 0.457. The predicted octanol–water partition coefficient (Wildman–Crippen LogP) is 4.94. The van der Waals surface area contributed by atoms with Crippen LogP contribution in [0.1, 0.15) is 44.7 Å². The molecule has 0 radical (unpaired) electrons. The number of likely N-dealkylation sites (tertiary alicyclic amines) is 1. The normalized spacial score (nSPS) is 22.3. The Morgan fingerprint density at radius 1 is 1.35 bits per heavy atom. The van der Waals surface area contributed by atoms with Crippen LogP contribution >= 0.6 is 23.2 Å². The zero-order valence-electron chi connectivity index (χ0n) is 18.0. The summed E-state index contributed by atoms with van der Waals surface area (Å²) in [5.41, 5.74) is 1.63. The summed E-state index contributed by atoms with van der Waals surface area (Å²) >= 11 is 12.5. The van der Waals surface area contributed by atoms with E-state index in [1.165, 1.54) is 6.42 Å². The maximum absolute atomic E-state index is 13.2. The van der Waals surface area contributed by atoms with Crippen LogP contribution in [0, 0.1) is 0 Å². The van der Waals surface area contributed by atoms with Gasteiger partial charge in [-0.15, -0.1) is 6.58 Å². The van der Waals surface area contributed by atoms with Gasteiger partial charge in [-0.1, -0.05) is 41.8 Å². The monoisotopic (exact) mass is 465 g/mol. The molecule has 1 aromatic carbocycles. The third-order valence-corrected chi connectivity index (χ3v) is 6.37. The first kappa shape index (κ1) is 23.6. The molecule has 2 amide bonds. The van der Waals surface area contributed by atoms with Crippen LogP contribution < -0.4 is 5.32 Å². The number of hydrogen-bond donors (Lipinski definition) is 1. The minimum absolute atomic E-state index is 0.228. The minimum Gasteiger partial charge on any atom is -0.463 e. The number of hydrogen-bond acceptors (Lipinski definition) is 4. The van der Waals surface area contributed by atoms with E-state index < -0.39 is 12.0 Å². The average Bonchev–Trinajstić information content (AvgIpc) is 2.72. The second-order valence-electron chi connectivity index (χ2n) is 7.84. The SMILES string of the molecule is C=CCN1C(=O)N[C@@H](c2ccc(Cl)cc2Cl)C(C(=O)OCC)=C1CN1CCCC[C@H]1C. The van der Waals surface area contributed by atoms with E-state index in [2.05, 4.69) is 23.7 Å². The van der Waals surface area contributed by atoms with Gasteiger partial charge in [0.25, 0.3) is 0 Å². The van der Waals surface area contributed by atoms with Gasteiger partial charge in [0.05, 0.1) is 18.2 Å². The predicted molar refractivity (Wildman–Crippen MR) is 123 cm³/mol. The van der Waals surface area contributed by atoms with Crippen LogP contribution in [0.15, 0.2) is 42.1 Å². The van der Waals surface area contributed by atoms with Crippen LogP contribution in [0.5, 0.6) is 0 Å². The number of piperidine rings is 1. The van der Waals surface area contributed by atoms with Crippen molar-refractivity contribution < 1.29 is 14.3 Å². The zero-order valence-corrected chi connectivity index (χ0v) is 19.5. The molecule has 1 fully saturated rings. The van der Waals surface area contributed by atoms with Crippen LogP contribution in [0.4, 0.5) is 4.79 Å². The summed E-state index contributed by atoms with van der Waals surface area (Å²) in [6, 6.07) is 4.36. The number of urea groups is 1. The van der Waals surface area contributed by atoms with E-state index in [0.717, 1.165) is 19.4 Å². The molecule has 3 rings (SSSR count). The van der Waals surface area contributed by atoms with Crippen LogP contribution in [0.3, 0.4) is 0 Å². The highest BCUT2D eigenvalue weighted by Crippen LogP contribution is 2.36. The molecule has 31 heavy (non-hydrogen) atoms. The number of esters is 1. The lowest BCUT2D eigenvalue weighted by molar-refractivity contribution is -0.139. The van der Waals surface area contributed by atoms with E-state index in [4.69, 9.17) is 27.9 Å². The molecule has 1 aromatic rings. The van der Waals surface area contributed by atoms with Gasteiger partial charge in [-0.05, 0) is 50.9 Å². The number of carbonyl (C=O) groups is 2. The van der Waals surface area contributed by atoms with Crippen LogP contribution in [-0.4, -0.2) is 54.1 Å². The average molecular weight is 466 g/mol. The Hall–Kier alpha value is -2.02. The summed E-state index contributed by atoms with van der Waals surface area (Å²) in [4.78, 5) is 30.2. The van der Waals surface area contributed by atoms with Gasteiger partial charge in [-0.2, -0.15) is 0 Å². The van der Waals surface area contributed by atoms with E-state index in [1.807, 2.05) is 0 Å². The number of ether oxygens (including phenoxy) is 1. The molecule has 1 saturated heterocycles. The molecule has 0 aromatic heterocycles. The molecule has 1 N–H and O–H groups in total. The number of benzene rings is 1. The van der Waals surface area contributed by atoms with Crippen molar-refractivity contribution in [3.8, 4) is 0 Å². The molecular formula is C23H29Cl2N3O3. The number of nitrogens with one attached hydrogen (secondary N) is 1. The molecule has 6 nitrogen and oxygen atoms in total. The second-order valence-corrected chi connectivity index (χ2v) is 8.69. The topological polar surface area (TPSA) is 61.9 Å². The molecule has 0 saturated carbocycles. The van der Waals surface area contributed by atoms with E-state index >= 15 is 0 Å². The molecule has 0 aliphatic carbocycles. The Labute approximate surface area is 193 Å². The van der Waals surface area contributed by atoms with Gasteiger partial charge in [0, 0.05) is 34.9 Å². The summed E-state index contributed by atoms with van der Waals surface area (Å²) in [5.74, 6) is -0.466. The highest BCUT2D eigenvalue weighted by Gasteiger charge is 2.39. The molecule has 0 bridgehead atoms. The van der Waals surface area contributed by atoms with Gasteiger partial charge in [-0.25, -0.2) is 9.59 Å². The van der Waals surface area contributed by atoms with Gasteiger partial charge in [-0.3, -0.25) is 9.80 Å². The highest BCUT2D eigenvalue weighted by molar-refractivity contribution is 6.35. The Balaban J connectivity index is 2.15. The van der Waals surface area contributed by atoms with E-state index in [9.17, 15) is 9.59 Å². The van der Waals surface area contributed by atoms with Crippen LogP contribution in [0.2, 0.25) is 10.0 Å². The van der Waals surface area contributed by atoms with E-state index in [1.54, 1.807) is 36.1 Å². The number of rotatable bonds is 7. The van der Waals surface area contributed by atoms with Gasteiger partial charge >= 0.3 is 12.0 Å². The lowest BCUT2D eigenvalue weighted by Crippen LogP contribution is -2.52. The molecule has 8 heteroatoms. The number of amides is 2. The molecule has 0 unspecified atom stereocenters. The van der Waals surface area contributed by atoms with Crippen molar-refractivity contribution in [3.63, 3.8) is 0 Å². The summed E-state index contributed by atoms with van der Waals surface area (Å²) in [6.07, 6.45) is 5.01. The van der Waals surface area contributed by atoms with Crippen molar-refractivity contribution in [1.29, 1.82) is 0 Å². The Morgan fingerprint density at radius 3 is 2.77 bits per heavy atom. The molecule has 0 spiro atoms. The van der Waals surface area contributed by atoms with Gasteiger partial charge < -0.3 is 10.1 Å². The Morgan fingerprint density at radius 2 is 2.13 bits per heavy atom. The van der Waals surface area contributed by atoms with Crippen LogP contribution in [-0.2, 0) is 9.53 Å².